The molecule has 0 atom stereocenters. The molecular weight excluding hydrogens is 525 g/mol. The number of ether oxygens (including phenoxy) is 1. The van der Waals surface area contributed by atoms with Crippen molar-refractivity contribution in [1.82, 2.24) is 4.98 Å². The summed E-state index contributed by atoms with van der Waals surface area (Å²) in [6.07, 6.45) is -2.97. The van der Waals surface area contributed by atoms with Crippen LogP contribution in [0.4, 0.5) is 29.7 Å². The smallest absolute Gasteiger partial charge is 0.416 e. The SMILES string of the molecule is O=C(Nc1cccc(C(F)(F)F)c1)c1cccc(Oc2ccc3nc(NC(=O)C4CC4)sc3c2[N+](=O)[O-])c1. The lowest BCUT2D eigenvalue weighted by atomic mass is 10.1. The first-order valence-electron chi connectivity index (χ1n) is 11.2. The number of alkyl halides is 3. The number of nitro groups is 1. The molecule has 2 N–H and O–H groups in total. The van der Waals surface area contributed by atoms with Gasteiger partial charge in [-0.1, -0.05) is 23.5 Å². The first-order valence-corrected chi connectivity index (χ1v) is 12.1. The number of fused-ring (bicyclic) bond motifs is 1. The van der Waals surface area contributed by atoms with Crippen LogP contribution in [0, 0.1) is 16.0 Å². The third-order valence-electron chi connectivity index (χ3n) is 5.63. The lowest BCUT2D eigenvalue weighted by Gasteiger charge is -2.11. The van der Waals surface area contributed by atoms with Crippen LogP contribution < -0.4 is 15.4 Å². The number of halogens is 3. The predicted octanol–water partition coefficient (Wildman–Crippen LogP) is 6.62. The number of hydrogen-bond acceptors (Lipinski definition) is 7. The number of nitrogens with zero attached hydrogens (tertiary/aromatic N) is 2. The minimum absolute atomic E-state index is 0.0491. The van der Waals surface area contributed by atoms with Crippen LogP contribution in [0.2, 0.25) is 0 Å². The molecule has 1 aliphatic rings. The number of nitro benzene ring substituents is 1. The summed E-state index contributed by atoms with van der Waals surface area (Å²) in [6.45, 7) is 0. The van der Waals surface area contributed by atoms with E-state index >= 15 is 0 Å². The highest BCUT2D eigenvalue weighted by atomic mass is 32.1. The molecular formula is C25H17F3N4O5S. The van der Waals surface area contributed by atoms with E-state index in [1.807, 2.05) is 0 Å². The van der Waals surface area contributed by atoms with Crippen molar-refractivity contribution in [2.45, 2.75) is 19.0 Å². The van der Waals surface area contributed by atoms with E-state index in [2.05, 4.69) is 15.6 Å². The van der Waals surface area contributed by atoms with Gasteiger partial charge in [-0.05, 0) is 61.4 Å². The fraction of sp³-hybridized carbons (Fsp3) is 0.160. The van der Waals surface area contributed by atoms with E-state index in [1.165, 1.54) is 48.5 Å². The fourth-order valence-electron chi connectivity index (χ4n) is 3.63. The molecule has 9 nitrogen and oxygen atoms in total. The largest absolute Gasteiger partial charge is 0.450 e. The highest BCUT2D eigenvalue weighted by molar-refractivity contribution is 7.22. The van der Waals surface area contributed by atoms with Crippen molar-refractivity contribution in [1.29, 1.82) is 0 Å². The van der Waals surface area contributed by atoms with Gasteiger partial charge in [0.25, 0.3) is 5.91 Å². The van der Waals surface area contributed by atoms with E-state index in [1.54, 1.807) is 0 Å². The van der Waals surface area contributed by atoms with Crippen LogP contribution in [-0.2, 0) is 11.0 Å². The molecule has 0 unspecified atom stereocenters. The van der Waals surface area contributed by atoms with Crippen molar-refractivity contribution >= 4 is 49.9 Å². The zero-order valence-corrected chi connectivity index (χ0v) is 20.1. The molecule has 13 heteroatoms. The molecule has 1 fully saturated rings. The van der Waals surface area contributed by atoms with E-state index < -0.39 is 22.6 Å². The highest BCUT2D eigenvalue weighted by Gasteiger charge is 2.32. The van der Waals surface area contributed by atoms with Gasteiger partial charge in [0.2, 0.25) is 11.7 Å². The highest BCUT2D eigenvalue weighted by Crippen LogP contribution is 2.42. The number of benzene rings is 3. The number of anilines is 2. The molecule has 2 amide bonds. The van der Waals surface area contributed by atoms with Gasteiger partial charge in [-0.25, -0.2) is 4.98 Å². The Morgan fingerprint density at radius 3 is 2.53 bits per heavy atom. The Bertz CT molecular complexity index is 1580. The third kappa shape index (κ3) is 5.42. The Morgan fingerprint density at radius 2 is 1.82 bits per heavy atom. The summed E-state index contributed by atoms with van der Waals surface area (Å²) in [5.41, 5.74) is -0.938. The second kappa shape index (κ2) is 9.74. The molecule has 1 aliphatic carbocycles. The van der Waals surface area contributed by atoms with Crippen molar-refractivity contribution in [2.75, 3.05) is 10.6 Å². The summed E-state index contributed by atoms with van der Waals surface area (Å²) in [6, 6.07) is 12.8. The Morgan fingerprint density at radius 1 is 1.05 bits per heavy atom. The second-order valence-electron chi connectivity index (χ2n) is 8.46. The normalized spacial score (nSPS) is 13.2. The first-order chi connectivity index (χ1) is 18.1. The minimum atomic E-state index is -4.56. The number of hydrogen-bond donors (Lipinski definition) is 2. The predicted molar refractivity (Wildman–Crippen MR) is 134 cm³/mol. The van der Waals surface area contributed by atoms with Gasteiger partial charge in [0.15, 0.2) is 5.13 Å². The Labute approximate surface area is 216 Å². The van der Waals surface area contributed by atoms with E-state index in [-0.39, 0.29) is 50.1 Å². The van der Waals surface area contributed by atoms with Crippen LogP contribution >= 0.6 is 11.3 Å². The van der Waals surface area contributed by atoms with Gasteiger partial charge in [0.1, 0.15) is 10.4 Å². The number of nitrogens with one attached hydrogen (secondary N) is 2. The molecule has 0 bridgehead atoms. The van der Waals surface area contributed by atoms with E-state index in [0.29, 0.717) is 5.52 Å². The molecule has 1 aromatic heterocycles. The standard InChI is InChI=1S/C25H17F3N4O5S/c26-25(27,28)15-4-2-5-16(12-15)29-23(34)14-3-1-6-17(11-14)37-19-10-9-18-21(20(19)32(35)36)38-24(30-18)31-22(33)13-7-8-13/h1-6,9-13H,7-8H2,(H,29,34)(H,30,31,33). The monoisotopic (exact) mass is 542 g/mol. The molecule has 1 saturated carbocycles. The Balaban J connectivity index is 1.38. The Hall–Kier alpha value is -4.52. The molecule has 5 rings (SSSR count). The number of amides is 2. The van der Waals surface area contributed by atoms with Gasteiger partial charge in [-0.2, -0.15) is 13.2 Å². The summed E-state index contributed by atoms with van der Waals surface area (Å²) < 4.78 is 44.9. The van der Waals surface area contributed by atoms with Gasteiger partial charge in [0, 0.05) is 17.2 Å². The summed E-state index contributed by atoms with van der Waals surface area (Å²) in [4.78, 5) is 40.3. The van der Waals surface area contributed by atoms with Crippen LogP contribution in [0.1, 0.15) is 28.8 Å². The van der Waals surface area contributed by atoms with Crippen molar-refractivity contribution < 1.29 is 32.4 Å². The van der Waals surface area contributed by atoms with Gasteiger partial charge in [-0.15, -0.1) is 0 Å². The molecule has 3 aromatic carbocycles. The number of carbonyl (C=O) groups excluding carboxylic acids is 2. The quantitative estimate of drug-likeness (QED) is 0.200. The summed E-state index contributed by atoms with van der Waals surface area (Å²) in [5.74, 6) is -0.951. The molecule has 0 aliphatic heterocycles. The van der Waals surface area contributed by atoms with Crippen molar-refractivity contribution in [2.24, 2.45) is 5.92 Å². The maximum Gasteiger partial charge on any atom is 0.416 e. The molecule has 194 valence electrons. The fourth-order valence-corrected chi connectivity index (χ4v) is 4.61. The second-order valence-corrected chi connectivity index (χ2v) is 9.46. The average molecular weight is 542 g/mol. The average Bonchev–Trinajstić information content (AvgIpc) is 3.64. The molecule has 0 saturated heterocycles. The molecule has 0 radical (unpaired) electrons. The van der Waals surface area contributed by atoms with Crippen molar-refractivity contribution in [3.63, 3.8) is 0 Å². The van der Waals surface area contributed by atoms with Crippen molar-refractivity contribution in [3.8, 4) is 11.5 Å². The molecule has 4 aromatic rings. The molecule has 1 heterocycles. The number of thiazole rings is 1. The topological polar surface area (TPSA) is 123 Å². The van der Waals surface area contributed by atoms with Gasteiger partial charge >= 0.3 is 11.9 Å². The summed E-state index contributed by atoms with van der Waals surface area (Å²) >= 11 is 0.954. The zero-order valence-electron chi connectivity index (χ0n) is 19.2. The number of aromatic nitrogens is 1. The summed E-state index contributed by atoms with van der Waals surface area (Å²) in [5, 5.41) is 17.2. The van der Waals surface area contributed by atoms with Gasteiger partial charge < -0.3 is 15.4 Å². The van der Waals surface area contributed by atoms with E-state index in [0.717, 1.165) is 36.3 Å². The minimum Gasteiger partial charge on any atom is -0.450 e. The van der Waals surface area contributed by atoms with Gasteiger partial charge in [0.05, 0.1) is 16.0 Å². The van der Waals surface area contributed by atoms with Crippen LogP contribution in [0.25, 0.3) is 10.2 Å². The maximum atomic E-state index is 13.0. The number of rotatable bonds is 7. The van der Waals surface area contributed by atoms with Crippen molar-refractivity contribution in [3.05, 3.63) is 81.9 Å². The zero-order chi connectivity index (χ0) is 27.0. The molecule has 0 spiro atoms. The van der Waals surface area contributed by atoms with E-state index in [9.17, 15) is 32.9 Å². The van der Waals surface area contributed by atoms with Crippen LogP contribution in [0.15, 0.2) is 60.7 Å². The summed E-state index contributed by atoms with van der Waals surface area (Å²) in [7, 11) is 0. The lowest BCUT2D eigenvalue weighted by molar-refractivity contribution is -0.383. The lowest BCUT2D eigenvalue weighted by Crippen LogP contribution is -2.13. The van der Waals surface area contributed by atoms with Crippen LogP contribution in [0.3, 0.4) is 0 Å². The van der Waals surface area contributed by atoms with Crippen LogP contribution in [0.5, 0.6) is 11.5 Å². The Kier molecular flexibility index (Phi) is 6.45. The molecule has 38 heavy (non-hydrogen) atoms. The maximum absolute atomic E-state index is 13.0. The van der Waals surface area contributed by atoms with Crippen LogP contribution in [-0.4, -0.2) is 21.7 Å². The third-order valence-corrected chi connectivity index (χ3v) is 6.62. The first kappa shape index (κ1) is 25.1. The van der Waals surface area contributed by atoms with E-state index in [4.69, 9.17) is 4.74 Å². The number of carbonyl (C=O) groups is 2. The van der Waals surface area contributed by atoms with Gasteiger partial charge in [-0.3, -0.25) is 19.7 Å².